The third-order valence-corrected chi connectivity index (χ3v) is 4.37. The second kappa shape index (κ2) is 6.24. The molecule has 1 aromatic carbocycles. The average molecular weight is 362 g/mol. The van der Waals surface area contributed by atoms with Crippen LogP contribution in [0.1, 0.15) is 15.2 Å². The van der Waals surface area contributed by atoms with E-state index in [1.807, 2.05) is 41.8 Å². The largest absolute Gasteiger partial charge is 0.347 e. The summed E-state index contributed by atoms with van der Waals surface area (Å²) < 4.78 is 0.958. The fourth-order valence-corrected chi connectivity index (χ4v) is 3.04. The maximum Gasteiger partial charge on any atom is 0.255 e. The van der Waals surface area contributed by atoms with Crippen LogP contribution in [0.15, 0.2) is 52.4 Å². The van der Waals surface area contributed by atoms with E-state index in [0.29, 0.717) is 12.1 Å². The van der Waals surface area contributed by atoms with Crippen molar-refractivity contribution in [1.29, 1.82) is 0 Å². The van der Waals surface area contributed by atoms with Gasteiger partial charge in [-0.3, -0.25) is 9.89 Å². The Labute approximate surface area is 134 Å². The van der Waals surface area contributed by atoms with E-state index in [1.54, 1.807) is 17.5 Å². The van der Waals surface area contributed by atoms with E-state index in [9.17, 15) is 4.79 Å². The number of nitrogens with one attached hydrogen (secondary N) is 2. The van der Waals surface area contributed by atoms with Gasteiger partial charge in [0.05, 0.1) is 24.0 Å². The molecular weight excluding hydrogens is 350 g/mol. The third kappa shape index (κ3) is 3.22. The zero-order valence-electron chi connectivity index (χ0n) is 11.0. The Kier molecular flexibility index (Phi) is 4.17. The number of amides is 1. The van der Waals surface area contributed by atoms with Crippen LogP contribution in [0, 0.1) is 0 Å². The predicted molar refractivity (Wildman–Crippen MR) is 87.2 cm³/mol. The first kappa shape index (κ1) is 14.0. The minimum absolute atomic E-state index is 0.132. The number of thiophene rings is 1. The Balaban J connectivity index is 1.80. The molecule has 0 bridgehead atoms. The molecule has 0 aliphatic heterocycles. The number of carbonyl (C=O) groups is 1. The molecule has 2 heterocycles. The van der Waals surface area contributed by atoms with Gasteiger partial charge in [0.25, 0.3) is 5.91 Å². The summed E-state index contributed by atoms with van der Waals surface area (Å²) in [5.41, 5.74) is 2.19. The number of H-pyrrole nitrogens is 1. The number of aromatic amines is 1. The monoisotopic (exact) mass is 361 g/mol. The summed E-state index contributed by atoms with van der Waals surface area (Å²) in [4.78, 5) is 13.4. The van der Waals surface area contributed by atoms with Crippen LogP contribution in [0.3, 0.4) is 0 Å². The topological polar surface area (TPSA) is 57.8 Å². The Morgan fingerprint density at radius 2 is 2.24 bits per heavy atom. The molecule has 6 heteroatoms. The summed E-state index contributed by atoms with van der Waals surface area (Å²) in [7, 11) is 0. The third-order valence-electron chi connectivity index (χ3n) is 3.00. The molecule has 0 spiro atoms. The number of benzene rings is 1. The first-order chi connectivity index (χ1) is 10.2. The summed E-state index contributed by atoms with van der Waals surface area (Å²) in [6, 6.07) is 11.7. The van der Waals surface area contributed by atoms with Crippen LogP contribution in [0.25, 0.3) is 11.3 Å². The zero-order chi connectivity index (χ0) is 14.7. The lowest BCUT2D eigenvalue weighted by molar-refractivity contribution is 0.0952. The molecule has 0 atom stereocenters. The van der Waals surface area contributed by atoms with Gasteiger partial charge in [0.2, 0.25) is 0 Å². The van der Waals surface area contributed by atoms with E-state index in [2.05, 4.69) is 31.4 Å². The highest BCUT2D eigenvalue weighted by molar-refractivity contribution is 9.10. The fourth-order valence-electron chi connectivity index (χ4n) is 2.00. The summed E-state index contributed by atoms with van der Waals surface area (Å²) in [5.74, 6) is -0.132. The molecule has 0 aliphatic carbocycles. The Bertz CT molecular complexity index is 752. The molecule has 0 unspecified atom stereocenters. The molecule has 3 aromatic rings. The summed E-state index contributed by atoms with van der Waals surface area (Å²) in [6.07, 6.45) is 1.56. The van der Waals surface area contributed by atoms with E-state index in [1.165, 1.54) is 0 Å². The van der Waals surface area contributed by atoms with Gasteiger partial charge in [-0.1, -0.05) is 34.1 Å². The normalized spacial score (nSPS) is 10.5. The lowest BCUT2D eigenvalue weighted by atomic mass is 10.1. The standard InChI is InChI=1S/C15H12BrN3OS/c16-11-4-1-3-10(7-11)14-13(9-18-19-14)15(20)17-8-12-5-2-6-21-12/h1-7,9H,8H2,(H,17,20)(H,18,19). The van der Waals surface area contributed by atoms with Crippen LogP contribution >= 0.6 is 27.3 Å². The molecule has 4 nitrogen and oxygen atoms in total. The van der Waals surface area contributed by atoms with E-state index in [0.717, 1.165) is 20.6 Å². The molecule has 106 valence electrons. The Morgan fingerprint density at radius 3 is 3.00 bits per heavy atom. The quantitative estimate of drug-likeness (QED) is 0.741. The number of aromatic nitrogens is 2. The smallest absolute Gasteiger partial charge is 0.255 e. The van der Waals surface area contributed by atoms with Gasteiger partial charge in [0.1, 0.15) is 0 Å². The van der Waals surface area contributed by atoms with E-state index < -0.39 is 0 Å². The molecule has 0 saturated heterocycles. The van der Waals surface area contributed by atoms with Crippen molar-refractivity contribution in [3.63, 3.8) is 0 Å². The van der Waals surface area contributed by atoms with Crippen LogP contribution in [0.4, 0.5) is 0 Å². The highest BCUT2D eigenvalue weighted by atomic mass is 79.9. The maximum atomic E-state index is 12.3. The number of hydrogen-bond acceptors (Lipinski definition) is 3. The highest BCUT2D eigenvalue weighted by Crippen LogP contribution is 2.24. The average Bonchev–Trinajstić information content (AvgIpc) is 3.16. The van der Waals surface area contributed by atoms with Crippen LogP contribution in [0.2, 0.25) is 0 Å². The fraction of sp³-hybridized carbons (Fsp3) is 0.0667. The minimum atomic E-state index is -0.132. The van der Waals surface area contributed by atoms with Crippen molar-refractivity contribution in [1.82, 2.24) is 15.5 Å². The van der Waals surface area contributed by atoms with Gasteiger partial charge in [-0.2, -0.15) is 5.10 Å². The predicted octanol–water partition coefficient (Wildman–Crippen LogP) is 3.83. The van der Waals surface area contributed by atoms with Gasteiger partial charge < -0.3 is 5.32 Å². The first-order valence-electron chi connectivity index (χ1n) is 6.34. The van der Waals surface area contributed by atoms with Crippen molar-refractivity contribution in [2.45, 2.75) is 6.54 Å². The molecule has 2 aromatic heterocycles. The van der Waals surface area contributed by atoms with Gasteiger partial charge in [0.15, 0.2) is 0 Å². The van der Waals surface area contributed by atoms with Crippen LogP contribution in [0.5, 0.6) is 0 Å². The first-order valence-corrected chi connectivity index (χ1v) is 8.01. The van der Waals surface area contributed by atoms with Gasteiger partial charge in [-0.05, 0) is 23.6 Å². The van der Waals surface area contributed by atoms with Crippen molar-refractivity contribution in [3.05, 3.63) is 62.9 Å². The summed E-state index contributed by atoms with van der Waals surface area (Å²) in [6.45, 7) is 0.527. The molecular formula is C15H12BrN3OS. The van der Waals surface area contributed by atoms with Crippen LogP contribution < -0.4 is 5.32 Å². The van der Waals surface area contributed by atoms with Crippen molar-refractivity contribution in [2.24, 2.45) is 0 Å². The van der Waals surface area contributed by atoms with Crippen molar-refractivity contribution < 1.29 is 4.79 Å². The second-order valence-corrected chi connectivity index (χ2v) is 6.38. The van der Waals surface area contributed by atoms with Gasteiger partial charge in [0, 0.05) is 14.9 Å². The molecule has 0 aliphatic rings. The number of rotatable bonds is 4. The minimum Gasteiger partial charge on any atom is -0.347 e. The molecule has 0 radical (unpaired) electrons. The van der Waals surface area contributed by atoms with Crippen molar-refractivity contribution in [2.75, 3.05) is 0 Å². The number of halogens is 1. The summed E-state index contributed by atoms with van der Waals surface area (Å²) >= 11 is 5.05. The summed E-state index contributed by atoms with van der Waals surface area (Å²) in [5, 5.41) is 11.8. The van der Waals surface area contributed by atoms with E-state index in [4.69, 9.17) is 0 Å². The lowest BCUT2D eigenvalue weighted by Crippen LogP contribution is -2.22. The lowest BCUT2D eigenvalue weighted by Gasteiger charge is -2.05. The zero-order valence-corrected chi connectivity index (χ0v) is 13.4. The molecule has 1 amide bonds. The second-order valence-electron chi connectivity index (χ2n) is 4.43. The Hall–Kier alpha value is -1.92. The molecule has 21 heavy (non-hydrogen) atoms. The van der Waals surface area contributed by atoms with Gasteiger partial charge in [-0.25, -0.2) is 0 Å². The number of carbonyl (C=O) groups excluding carboxylic acids is 1. The van der Waals surface area contributed by atoms with Crippen molar-refractivity contribution >= 4 is 33.2 Å². The maximum absolute atomic E-state index is 12.3. The molecule has 3 rings (SSSR count). The van der Waals surface area contributed by atoms with Crippen LogP contribution in [-0.4, -0.2) is 16.1 Å². The van der Waals surface area contributed by atoms with Crippen molar-refractivity contribution in [3.8, 4) is 11.3 Å². The number of nitrogens with zero attached hydrogens (tertiary/aromatic N) is 1. The molecule has 0 saturated carbocycles. The molecule has 0 fully saturated rings. The number of hydrogen-bond donors (Lipinski definition) is 2. The van der Waals surface area contributed by atoms with Crippen LogP contribution in [-0.2, 0) is 6.54 Å². The molecule has 2 N–H and O–H groups in total. The SMILES string of the molecule is O=C(NCc1cccs1)c1cn[nH]c1-c1cccc(Br)c1. The van der Waals surface area contributed by atoms with Gasteiger partial charge >= 0.3 is 0 Å². The highest BCUT2D eigenvalue weighted by Gasteiger charge is 2.15. The Morgan fingerprint density at radius 1 is 1.33 bits per heavy atom. The van der Waals surface area contributed by atoms with Gasteiger partial charge in [-0.15, -0.1) is 11.3 Å². The van der Waals surface area contributed by atoms with E-state index >= 15 is 0 Å². The van der Waals surface area contributed by atoms with E-state index in [-0.39, 0.29) is 5.91 Å².